The molecule has 35 heavy (non-hydrogen) atoms. The van der Waals surface area contributed by atoms with Crippen LogP contribution in [0, 0.1) is 0 Å². The van der Waals surface area contributed by atoms with Crippen molar-refractivity contribution in [2.24, 2.45) is 5.73 Å². The van der Waals surface area contributed by atoms with Crippen LogP contribution >= 0.6 is 23.4 Å². The zero-order chi connectivity index (χ0) is 26.0. The molecule has 12 heteroatoms. The predicted molar refractivity (Wildman–Crippen MR) is 133 cm³/mol. The van der Waals surface area contributed by atoms with E-state index in [1.54, 1.807) is 22.7 Å². The van der Waals surface area contributed by atoms with Crippen LogP contribution < -0.4 is 5.73 Å². The van der Waals surface area contributed by atoms with E-state index in [-0.39, 0.29) is 19.0 Å². The van der Waals surface area contributed by atoms with Gasteiger partial charge in [0.25, 0.3) is 5.91 Å². The molecule has 0 saturated carbocycles. The van der Waals surface area contributed by atoms with Crippen molar-refractivity contribution in [3.8, 4) is 0 Å². The summed E-state index contributed by atoms with van der Waals surface area (Å²) in [6.45, 7) is 1.18. The van der Waals surface area contributed by atoms with Crippen LogP contribution in [0.5, 0.6) is 0 Å². The van der Waals surface area contributed by atoms with Gasteiger partial charge in [0.1, 0.15) is 18.3 Å². The molecule has 0 spiro atoms. The first kappa shape index (κ1) is 29.8. The fourth-order valence-corrected chi connectivity index (χ4v) is 4.92. The summed E-state index contributed by atoms with van der Waals surface area (Å²) in [7, 11) is 0. The molecule has 4 atom stereocenters. The Labute approximate surface area is 214 Å². The third-order valence-corrected chi connectivity index (χ3v) is 7.37. The number of aliphatic hydroxyl groups is 5. The number of nitrogens with two attached hydrogens (primary N) is 1. The molecule has 0 aromatic heterocycles. The first-order valence-corrected chi connectivity index (χ1v) is 13.1. The lowest BCUT2D eigenvalue weighted by Gasteiger charge is -2.30. The van der Waals surface area contributed by atoms with Gasteiger partial charge in [-0.1, -0.05) is 11.6 Å². The van der Waals surface area contributed by atoms with E-state index in [1.165, 1.54) is 4.90 Å². The second-order valence-electron chi connectivity index (χ2n) is 8.50. The zero-order valence-electron chi connectivity index (χ0n) is 19.6. The topological polar surface area (TPSA) is 168 Å². The van der Waals surface area contributed by atoms with E-state index < -0.39 is 36.9 Å². The van der Waals surface area contributed by atoms with Gasteiger partial charge >= 0.3 is 0 Å². The summed E-state index contributed by atoms with van der Waals surface area (Å²) in [6, 6.07) is 5.58. The summed E-state index contributed by atoms with van der Waals surface area (Å²) in [6.07, 6.45) is -5.13. The molecule has 0 unspecified atom stereocenters. The number of aliphatic hydroxyl groups excluding tert-OH is 5. The Hall–Kier alpha value is -1.44. The molecule has 1 aliphatic heterocycles. The van der Waals surface area contributed by atoms with E-state index in [1.807, 2.05) is 12.1 Å². The Bertz CT molecular complexity index is 834. The summed E-state index contributed by atoms with van der Waals surface area (Å²) in [4.78, 5) is 28.9. The second-order valence-corrected chi connectivity index (χ2v) is 10.1. The number of hydrogen-bond donors (Lipinski definition) is 6. The molecule has 198 valence electrons. The minimum Gasteiger partial charge on any atom is -0.394 e. The van der Waals surface area contributed by atoms with Crippen molar-refractivity contribution < 1.29 is 35.1 Å². The van der Waals surface area contributed by atoms with Gasteiger partial charge in [-0.15, -0.1) is 11.8 Å². The van der Waals surface area contributed by atoms with Crippen molar-refractivity contribution in [2.45, 2.75) is 61.5 Å². The average molecular weight is 534 g/mol. The minimum absolute atomic E-state index is 0.0793. The van der Waals surface area contributed by atoms with Crippen LogP contribution in [0.15, 0.2) is 23.1 Å². The van der Waals surface area contributed by atoms with Crippen LogP contribution in [-0.4, -0.2) is 110 Å². The molecule has 1 aliphatic rings. The van der Waals surface area contributed by atoms with E-state index in [2.05, 4.69) is 0 Å². The van der Waals surface area contributed by atoms with Gasteiger partial charge < -0.3 is 41.1 Å². The Morgan fingerprint density at radius 1 is 1.17 bits per heavy atom. The Morgan fingerprint density at radius 2 is 1.89 bits per heavy atom. The highest BCUT2D eigenvalue weighted by molar-refractivity contribution is 7.99. The highest BCUT2D eigenvalue weighted by atomic mass is 35.5. The van der Waals surface area contributed by atoms with Crippen molar-refractivity contribution in [1.82, 2.24) is 9.80 Å². The number of carbonyl (C=O) groups excluding carboxylic acids is 2. The van der Waals surface area contributed by atoms with Crippen LogP contribution in [0.2, 0.25) is 5.02 Å². The second kappa shape index (κ2) is 15.0. The molecular weight excluding hydrogens is 498 g/mol. The largest absolute Gasteiger partial charge is 0.394 e. The van der Waals surface area contributed by atoms with Gasteiger partial charge in [-0.2, -0.15) is 0 Å². The lowest BCUT2D eigenvalue weighted by Crippen LogP contribution is -2.53. The molecule has 0 radical (unpaired) electrons. The standard InChI is InChI=1S/C23H36ClN3O7S/c24-17-6-5-16(12-15(17)13-25)35-11-3-10-27(9-2-8-26-7-1-4-19(26)30)23(34)22(33)21(32)20(31)18(29)14-28/h5-6,12,18,20-22,28-29,31-33H,1-4,7-11,13-14,25H2/t18-,20+,21-,22-/m0/s1. The lowest BCUT2D eigenvalue weighted by atomic mass is 10.0. The van der Waals surface area contributed by atoms with Gasteiger partial charge in [0, 0.05) is 49.1 Å². The molecule has 1 aromatic carbocycles. The highest BCUT2D eigenvalue weighted by Crippen LogP contribution is 2.25. The summed E-state index contributed by atoms with van der Waals surface area (Å²) in [5, 5.41) is 49.5. The SMILES string of the molecule is NCc1cc(SCCCN(CCCN2CCCC2=O)C(=O)[C@@H](O)[C@@H](O)[C@H](O)[C@@H](O)CO)ccc1Cl. The van der Waals surface area contributed by atoms with Crippen LogP contribution in [0.25, 0.3) is 0 Å². The molecule has 1 fully saturated rings. The number of benzene rings is 1. The maximum Gasteiger partial charge on any atom is 0.254 e. The molecule has 2 amide bonds. The number of amides is 2. The van der Waals surface area contributed by atoms with E-state index >= 15 is 0 Å². The highest BCUT2D eigenvalue weighted by Gasteiger charge is 2.36. The zero-order valence-corrected chi connectivity index (χ0v) is 21.2. The Kier molecular flexibility index (Phi) is 12.7. The number of hydrogen-bond acceptors (Lipinski definition) is 9. The molecule has 10 nitrogen and oxygen atoms in total. The summed E-state index contributed by atoms with van der Waals surface area (Å²) >= 11 is 7.66. The van der Waals surface area contributed by atoms with Gasteiger partial charge in [0.2, 0.25) is 5.91 Å². The molecule has 7 N–H and O–H groups in total. The smallest absolute Gasteiger partial charge is 0.254 e. The Morgan fingerprint density at radius 3 is 2.51 bits per heavy atom. The molecule has 1 aromatic rings. The van der Waals surface area contributed by atoms with Crippen LogP contribution in [0.4, 0.5) is 0 Å². The van der Waals surface area contributed by atoms with Crippen LogP contribution in [0.3, 0.4) is 0 Å². The summed E-state index contributed by atoms with van der Waals surface area (Å²) in [5.41, 5.74) is 6.53. The fourth-order valence-electron chi connectivity index (χ4n) is 3.82. The number of thioether (sulfide) groups is 1. The Balaban J connectivity index is 1.96. The monoisotopic (exact) mass is 533 g/mol. The van der Waals surface area contributed by atoms with E-state index in [9.17, 15) is 30.0 Å². The van der Waals surface area contributed by atoms with Crippen molar-refractivity contribution in [3.63, 3.8) is 0 Å². The van der Waals surface area contributed by atoms with Crippen LogP contribution in [-0.2, 0) is 16.1 Å². The number of rotatable bonds is 15. The van der Waals surface area contributed by atoms with Gasteiger partial charge in [-0.25, -0.2) is 0 Å². The molecule has 0 aliphatic carbocycles. The lowest BCUT2D eigenvalue weighted by molar-refractivity contribution is -0.158. The van der Waals surface area contributed by atoms with E-state index in [0.717, 1.165) is 16.9 Å². The van der Waals surface area contributed by atoms with Gasteiger partial charge in [0.05, 0.1) is 6.61 Å². The van der Waals surface area contributed by atoms with Crippen molar-refractivity contribution in [1.29, 1.82) is 0 Å². The third-order valence-electron chi connectivity index (χ3n) is 5.93. The first-order valence-electron chi connectivity index (χ1n) is 11.7. The van der Waals surface area contributed by atoms with Gasteiger partial charge in [0.15, 0.2) is 6.10 Å². The quantitative estimate of drug-likeness (QED) is 0.129. The average Bonchev–Trinajstić information content (AvgIpc) is 3.28. The maximum atomic E-state index is 12.9. The van der Waals surface area contributed by atoms with E-state index in [4.69, 9.17) is 22.4 Å². The normalized spacial score (nSPS) is 17.3. The number of carbonyl (C=O) groups is 2. The maximum absolute atomic E-state index is 12.9. The number of halogens is 1. The molecule has 1 saturated heterocycles. The number of likely N-dealkylation sites (tertiary alicyclic amines) is 1. The first-order chi connectivity index (χ1) is 16.7. The fraction of sp³-hybridized carbons (Fsp3) is 0.652. The summed E-state index contributed by atoms with van der Waals surface area (Å²) in [5.74, 6) is -0.0585. The molecule has 2 rings (SSSR count). The van der Waals surface area contributed by atoms with Crippen molar-refractivity contribution in [3.05, 3.63) is 28.8 Å². The minimum atomic E-state index is -1.98. The molecule has 0 bridgehead atoms. The molecular formula is C23H36ClN3O7S. The molecule has 1 heterocycles. The van der Waals surface area contributed by atoms with Crippen LogP contribution in [0.1, 0.15) is 31.2 Å². The van der Waals surface area contributed by atoms with Crippen molar-refractivity contribution >= 4 is 35.2 Å². The third kappa shape index (κ3) is 8.87. The van der Waals surface area contributed by atoms with E-state index in [0.29, 0.717) is 49.7 Å². The summed E-state index contributed by atoms with van der Waals surface area (Å²) < 4.78 is 0. The number of nitrogens with zero attached hydrogens (tertiary/aromatic N) is 2. The predicted octanol–water partition coefficient (Wildman–Crippen LogP) is -0.442. The van der Waals surface area contributed by atoms with Gasteiger partial charge in [-0.3, -0.25) is 9.59 Å². The van der Waals surface area contributed by atoms with Gasteiger partial charge in [-0.05, 0) is 48.8 Å². The van der Waals surface area contributed by atoms with Crippen molar-refractivity contribution in [2.75, 3.05) is 38.5 Å².